The molecule has 0 amide bonds. The fraction of sp³-hybridized carbons (Fsp3) is 0.400. The second-order valence-corrected chi connectivity index (χ2v) is 5.13. The van der Waals surface area contributed by atoms with Gasteiger partial charge in [-0.05, 0) is 30.2 Å². The first-order valence-corrected chi connectivity index (χ1v) is 6.79. The largest absolute Gasteiger partial charge is 0.496 e. The van der Waals surface area contributed by atoms with Gasteiger partial charge < -0.3 is 4.74 Å². The molecular formula is C15H18FN3O. The zero-order valence-electron chi connectivity index (χ0n) is 11.5. The van der Waals surface area contributed by atoms with E-state index >= 15 is 0 Å². The minimum Gasteiger partial charge on any atom is -0.496 e. The number of nitrogens with one attached hydrogen (secondary N) is 1. The number of halogens is 1. The van der Waals surface area contributed by atoms with Gasteiger partial charge in [-0.15, -0.1) is 0 Å². The second-order valence-electron chi connectivity index (χ2n) is 5.13. The number of hydrogen-bond donors (Lipinski definition) is 1. The Bertz CT molecular complexity index is 571. The van der Waals surface area contributed by atoms with Crippen molar-refractivity contribution in [3.8, 4) is 17.0 Å². The van der Waals surface area contributed by atoms with Crippen LogP contribution < -0.4 is 4.74 Å². The normalized spacial score (nSPS) is 19.4. The van der Waals surface area contributed by atoms with E-state index < -0.39 is 6.17 Å². The molecule has 2 aromatic rings. The summed E-state index contributed by atoms with van der Waals surface area (Å²) < 4.78 is 18.6. The Kier molecular flexibility index (Phi) is 3.69. The third-order valence-corrected chi connectivity index (χ3v) is 3.68. The van der Waals surface area contributed by atoms with Gasteiger partial charge in [-0.2, -0.15) is 5.10 Å². The molecule has 0 radical (unpaired) electrons. The summed E-state index contributed by atoms with van der Waals surface area (Å²) in [7, 11) is 1.66. The molecule has 1 aliphatic rings. The Hall–Kier alpha value is -1.88. The molecule has 1 atom stereocenters. The number of aromatic amines is 1. The lowest BCUT2D eigenvalue weighted by Gasteiger charge is -2.16. The van der Waals surface area contributed by atoms with Crippen LogP contribution >= 0.6 is 0 Å². The molecule has 0 bridgehead atoms. The van der Waals surface area contributed by atoms with Crippen molar-refractivity contribution in [2.45, 2.75) is 19.1 Å². The molecule has 0 saturated carbocycles. The second kappa shape index (κ2) is 5.63. The van der Waals surface area contributed by atoms with Gasteiger partial charge in [0.2, 0.25) is 0 Å². The van der Waals surface area contributed by atoms with Gasteiger partial charge in [-0.1, -0.05) is 6.07 Å². The lowest BCUT2D eigenvalue weighted by Crippen LogP contribution is -2.20. The Morgan fingerprint density at radius 1 is 1.45 bits per heavy atom. The summed E-state index contributed by atoms with van der Waals surface area (Å²) in [5.74, 6) is 0.808. The highest BCUT2D eigenvalue weighted by atomic mass is 19.1. The average molecular weight is 275 g/mol. The first-order valence-electron chi connectivity index (χ1n) is 6.79. The lowest BCUT2D eigenvalue weighted by atomic mass is 10.1. The van der Waals surface area contributed by atoms with Crippen molar-refractivity contribution in [3.05, 3.63) is 36.0 Å². The van der Waals surface area contributed by atoms with E-state index in [0.717, 1.165) is 35.7 Å². The smallest absolute Gasteiger partial charge is 0.128 e. The first-order chi connectivity index (χ1) is 9.76. The standard InChI is InChI=1S/C15H18FN3O/c1-20-15-8-11(9-19-7-5-12(16)10-19)2-3-13(15)14-4-6-17-18-14/h2-4,6,8,12H,5,7,9-10H2,1H3,(H,17,18)/t12-/m1/s1. The summed E-state index contributed by atoms with van der Waals surface area (Å²) in [6.45, 7) is 2.12. The number of ether oxygens (including phenoxy) is 1. The van der Waals surface area contributed by atoms with Crippen molar-refractivity contribution in [1.82, 2.24) is 15.1 Å². The topological polar surface area (TPSA) is 41.1 Å². The van der Waals surface area contributed by atoms with E-state index in [1.807, 2.05) is 18.2 Å². The molecule has 20 heavy (non-hydrogen) atoms. The number of aromatic nitrogens is 2. The van der Waals surface area contributed by atoms with Crippen molar-refractivity contribution in [2.75, 3.05) is 20.2 Å². The van der Waals surface area contributed by atoms with E-state index in [1.54, 1.807) is 13.3 Å². The van der Waals surface area contributed by atoms with Gasteiger partial charge in [0.25, 0.3) is 0 Å². The van der Waals surface area contributed by atoms with Gasteiger partial charge in [0.15, 0.2) is 0 Å². The number of methoxy groups -OCH3 is 1. The lowest BCUT2D eigenvalue weighted by molar-refractivity contribution is 0.282. The molecule has 0 unspecified atom stereocenters. The molecule has 1 N–H and O–H groups in total. The molecule has 2 heterocycles. The number of alkyl halides is 1. The minimum atomic E-state index is -0.679. The van der Waals surface area contributed by atoms with Crippen LogP contribution in [0.25, 0.3) is 11.3 Å². The Balaban J connectivity index is 1.80. The Morgan fingerprint density at radius 2 is 2.35 bits per heavy atom. The van der Waals surface area contributed by atoms with Gasteiger partial charge in [0.1, 0.15) is 11.9 Å². The SMILES string of the molecule is COc1cc(CN2CC[C@@H](F)C2)ccc1-c1ccn[nH]1. The van der Waals surface area contributed by atoms with E-state index in [4.69, 9.17) is 4.74 Å². The van der Waals surface area contributed by atoms with Gasteiger partial charge in [-0.25, -0.2) is 4.39 Å². The number of benzene rings is 1. The molecule has 1 aliphatic heterocycles. The molecule has 106 valence electrons. The molecule has 1 aromatic heterocycles. The zero-order valence-corrected chi connectivity index (χ0v) is 11.5. The predicted molar refractivity (Wildman–Crippen MR) is 75.4 cm³/mol. The average Bonchev–Trinajstić information content (AvgIpc) is 3.10. The van der Waals surface area contributed by atoms with Gasteiger partial charge >= 0.3 is 0 Å². The quantitative estimate of drug-likeness (QED) is 0.932. The summed E-state index contributed by atoms with van der Waals surface area (Å²) in [6.07, 6.45) is 1.68. The Morgan fingerprint density at radius 3 is 3.00 bits per heavy atom. The van der Waals surface area contributed by atoms with Crippen molar-refractivity contribution in [3.63, 3.8) is 0 Å². The van der Waals surface area contributed by atoms with Crippen LogP contribution in [0.1, 0.15) is 12.0 Å². The predicted octanol–water partition coefficient (Wildman–Crippen LogP) is 2.63. The van der Waals surface area contributed by atoms with Crippen LogP contribution in [0.4, 0.5) is 4.39 Å². The molecule has 0 aliphatic carbocycles. The molecule has 5 heteroatoms. The first kappa shape index (κ1) is 13.1. The van der Waals surface area contributed by atoms with E-state index in [2.05, 4.69) is 21.2 Å². The summed E-state index contributed by atoms with van der Waals surface area (Å²) in [6, 6.07) is 8.00. The van der Waals surface area contributed by atoms with Crippen LogP contribution in [0.15, 0.2) is 30.5 Å². The molecule has 1 fully saturated rings. The highest BCUT2D eigenvalue weighted by molar-refractivity contribution is 5.67. The molecule has 3 rings (SSSR count). The zero-order chi connectivity index (χ0) is 13.9. The number of hydrogen-bond acceptors (Lipinski definition) is 3. The van der Waals surface area contributed by atoms with Crippen molar-refractivity contribution in [1.29, 1.82) is 0 Å². The third-order valence-electron chi connectivity index (χ3n) is 3.68. The maximum absolute atomic E-state index is 13.2. The molecule has 1 aromatic carbocycles. The molecule has 1 saturated heterocycles. The van der Waals surface area contributed by atoms with Crippen molar-refractivity contribution in [2.24, 2.45) is 0 Å². The molecule has 0 spiro atoms. The molecule has 4 nitrogen and oxygen atoms in total. The fourth-order valence-electron chi connectivity index (χ4n) is 2.65. The van der Waals surface area contributed by atoms with Crippen LogP contribution in [0.5, 0.6) is 5.75 Å². The number of likely N-dealkylation sites (tertiary alicyclic amines) is 1. The highest BCUT2D eigenvalue weighted by Crippen LogP contribution is 2.30. The summed E-state index contributed by atoms with van der Waals surface area (Å²) >= 11 is 0. The monoisotopic (exact) mass is 275 g/mol. The van der Waals surface area contributed by atoms with E-state index in [-0.39, 0.29) is 0 Å². The molecular weight excluding hydrogens is 257 g/mol. The summed E-state index contributed by atoms with van der Waals surface area (Å²) in [4.78, 5) is 2.13. The van der Waals surface area contributed by atoms with Crippen LogP contribution in [-0.2, 0) is 6.54 Å². The van der Waals surface area contributed by atoms with Crippen molar-refractivity contribution < 1.29 is 9.13 Å². The third kappa shape index (κ3) is 2.67. The van der Waals surface area contributed by atoms with Crippen molar-refractivity contribution >= 4 is 0 Å². The van der Waals surface area contributed by atoms with Gasteiger partial charge in [0, 0.05) is 31.4 Å². The maximum atomic E-state index is 13.2. The van der Waals surface area contributed by atoms with Crippen LogP contribution in [0.2, 0.25) is 0 Å². The van der Waals surface area contributed by atoms with Gasteiger partial charge in [0.05, 0.1) is 12.8 Å². The van der Waals surface area contributed by atoms with E-state index in [9.17, 15) is 4.39 Å². The minimum absolute atomic E-state index is 0.532. The van der Waals surface area contributed by atoms with Crippen LogP contribution in [0.3, 0.4) is 0 Å². The van der Waals surface area contributed by atoms with Crippen LogP contribution in [0, 0.1) is 0 Å². The maximum Gasteiger partial charge on any atom is 0.128 e. The number of rotatable bonds is 4. The Labute approximate surface area is 117 Å². The highest BCUT2D eigenvalue weighted by Gasteiger charge is 2.21. The van der Waals surface area contributed by atoms with Crippen LogP contribution in [-0.4, -0.2) is 41.5 Å². The number of nitrogens with zero attached hydrogens (tertiary/aromatic N) is 2. The van der Waals surface area contributed by atoms with E-state index in [1.165, 1.54) is 0 Å². The number of H-pyrrole nitrogens is 1. The van der Waals surface area contributed by atoms with E-state index in [0.29, 0.717) is 13.0 Å². The summed E-state index contributed by atoms with van der Waals surface area (Å²) in [5, 5.41) is 6.89. The van der Waals surface area contributed by atoms with Gasteiger partial charge in [-0.3, -0.25) is 10.00 Å². The summed E-state index contributed by atoms with van der Waals surface area (Å²) in [5.41, 5.74) is 3.05. The fourth-order valence-corrected chi connectivity index (χ4v) is 2.65.